The fourth-order valence-corrected chi connectivity index (χ4v) is 2.51. The summed E-state index contributed by atoms with van der Waals surface area (Å²) in [6.07, 6.45) is 0.344. The van der Waals surface area contributed by atoms with Crippen LogP contribution < -0.4 is 10.6 Å². The number of methoxy groups -OCH3 is 1. The molecule has 0 aliphatic carbocycles. The van der Waals surface area contributed by atoms with Crippen LogP contribution in [-0.4, -0.2) is 44.8 Å². The minimum absolute atomic E-state index is 0.0346. The Morgan fingerprint density at radius 3 is 3.00 bits per heavy atom. The third kappa shape index (κ3) is 3.69. The van der Waals surface area contributed by atoms with Gasteiger partial charge >= 0.3 is 5.97 Å². The lowest BCUT2D eigenvalue weighted by molar-refractivity contribution is -0.117. The number of esters is 1. The number of amides is 1. The molecule has 1 saturated heterocycles. The summed E-state index contributed by atoms with van der Waals surface area (Å²) in [5.41, 5.74) is 1.21. The van der Waals surface area contributed by atoms with Crippen LogP contribution in [0.3, 0.4) is 0 Å². The van der Waals surface area contributed by atoms with Gasteiger partial charge in [0.1, 0.15) is 5.58 Å². The second-order valence-corrected chi connectivity index (χ2v) is 5.33. The van der Waals surface area contributed by atoms with E-state index < -0.39 is 5.97 Å². The average Bonchev–Trinajstić information content (AvgIpc) is 2.98. The molecule has 7 nitrogen and oxygen atoms in total. The summed E-state index contributed by atoms with van der Waals surface area (Å²) in [5.74, 6) is -0.492. The Morgan fingerprint density at radius 1 is 1.39 bits per heavy atom. The largest absolute Gasteiger partial charge is 0.463 e. The Bertz CT molecular complexity index is 718. The second-order valence-electron chi connectivity index (χ2n) is 5.33. The van der Waals surface area contributed by atoms with E-state index in [1.54, 1.807) is 24.3 Å². The van der Waals surface area contributed by atoms with Crippen molar-refractivity contribution in [3.63, 3.8) is 0 Å². The molecule has 1 aromatic carbocycles. The summed E-state index contributed by atoms with van der Waals surface area (Å²) < 4.78 is 15.3. The maximum Gasteiger partial charge on any atom is 0.373 e. The summed E-state index contributed by atoms with van der Waals surface area (Å²) in [6, 6.07) is 6.82. The van der Waals surface area contributed by atoms with Crippen molar-refractivity contribution < 1.29 is 23.5 Å². The lowest BCUT2D eigenvalue weighted by atomic mass is 10.2. The quantitative estimate of drug-likeness (QED) is 0.831. The third-order valence-corrected chi connectivity index (χ3v) is 3.62. The van der Waals surface area contributed by atoms with Crippen LogP contribution in [0.5, 0.6) is 0 Å². The van der Waals surface area contributed by atoms with E-state index in [9.17, 15) is 9.59 Å². The number of fused-ring (bicyclic) bond motifs is 1. The fourth-order valence-electron chi connectivity index (χ4n) is 2.51. The lowest BCUT2D eigenvalue weighted by Gasteiger charge is -2.23. The molecule has 1 amide bonds. The second kappa shape index (κ2) is 6.80. The molecule has 0 saturated carbocycles. The standard InChI is InChI=1S/C16H18N2O5/c1-21-16(20)14-7-10-6-11(2-3-13(10)23-14)18-15(19)8-12-9-22-5-4-17-12/h2-3,6-7,12,17H,4-5,8-9H2,1H3,(H,18,19). The monoisotopic (exact) mass is 318 g/mol. The Labute approximate surface area is 132 Å². The van der Waals surface area contributed by atoms with Crippen LogP contribution in [0.25, 0.3) is 11.0 Å². The van der Waals surface area contributed by atoms with Crippen molar-refractivity contribution in [3.05, 3.63) is 30.0 Å². The van der Waals surface area contributed by atoms with E-state index in [-0.39, 0.29) is 17.7 Å². The van der Waals surface area contributed by atoms with Gasteiger partial charge in [0, 0.05) is 30.1 Å². The molecule has 1 fully saturated rings. The molecule has 1 aliphatic rings. The van der Waals surface area contributed by atoms with Crippen molar-refractivity contribution in [3.8, 4) is 0 Å². The number of hydrogen-bond donors (Lipinski definition) is 2. The molecule has 1 aliphatic heterocycles. The Balaban J connectivity index is 1.67. The first-order valence-electron chi connectivity index (χ1n) is 7.38. The Hall–Kier alpha value is -2.38. The number of rotatable bonds is 4. The van der Waals surface area contributed by atoms with Gasteiger partial charge in [0.25, 0.3) is 0 Å². The van der Waals surface area contributed by atoms with Gasteiger partial charge in [-0.25, -0.2) is 4.79 Å². The number of hydrogen-bond acceptors (Lipinski definition) is 6. The van der Waals surface area contributed by atoms with Crippen molar-refractivity contribution >= 4 is 28.5 Å². The third-order valence-electron chi connectivity index (χ3n) is 3.62. The van der Waals surface area contributed by atoms with E-state index in [0.717, 1.165) is 11.9 Å². The number of ether oxygens (including phenoxy) is 2. The molecular weight excluding hydrogens is 300 g/mol. The van der Waals surface area contributed by atoms with Crippen LogP contribution in [0.2, 0.25) is 0 Å². The summed E-state index contributed by atoms with van der Waals surface area (Å²) in [4.78, 5) is 23.5. The average molecular weight is 318 g/mol. The van der Waals surface area contributed by atoms with Crippen molar-refractivity contribution in [2.24, 2.45) is 0 Å². The van der Waals surface area contributed by atoms with Crippen LogP contribution in [0.4, 0.5) is 5.69 Å². The zero-order valence-electron chi connectivity index (χ0n) is 12.8. The summed E-state index contributed by atoms with van der Waals surface area (Å²) in [6.45, 7) is 1.98. The van der Waals surface area contributed by atoms with Crippen molar-refractivity contribution in [1.82, 2.24) is 5.32 Å². The van der Waals surface area contributed by atoms with E-state index in [4.69, 9.17) is 9.15 Å². The Morgan fingerprint density at radius 2 is 2.26 bits per heavy atom. The van der Waals surface area contributed by atoms with Crippen LogP contribution in [0, 0.1) is 0 Å². The highest BCUT2D eigenvalue weighted by atomic mass is 16.5. The normalized spacial score (nSPS) is 17.9. The van der Waals surface area contributed by atoms with Gasteiger partial charge in [-0.15, -0.1) is 0 Å². The molecule has 1 unspecified atom stereocenters. The highest BCUT2D eigenvalue weighted by Crippen LogP contribution is 2.23. The van der Waals surface area contributed by atoms with E-state index in [0.29, 0.717) is 30.9 Å². The van der Waals surface area contributed by atoms with E-state index in [2.05, 4.69) is 15.4 Å². The van der Waals surface area contributed by atoms with Crippen LogP contribution >= 0.6 is 0 Å². The van der Waals surface area contributed by atoms with E-state index in [1.807, 2.05) is 0 Å². The maximum absolute atomic E-state index is 12.1. The number of nitrogens with one attached hydrogen (secondary N) is 2. The number of benzene rings is 1. The first kappa shape index (κ1) is 15.5. The minimum Gasteiger partial charge on any atom is -0.463 e. The lowest BCUT2D eigenvalue weighted by Crippen LogP contribution is -2.43. The highest BCUT2D eigenvalue weighted by molar-refractivity contribution is 5.96. The van der Waals surface area contributed by atoms with Crippen molar-refractivity contribution in [2.45, 2.75) is 12.5 Å². The zero-order chi connectivity index (χ0) is 16.2. The smallest absolute Gasteiger partial charge is 0.373 e. The number of carbonyl (C=O) groups excluding carboxylic acids is 2. The van der Waals surface area contributed by atoms with Gasteiger partial charge in [0.15, 0.2) is 0 Å². The number of anilines is 1. The molecule has 0 bridgehead atoms. The molecule has 0 radical (unpaired) electrons. The Kier molecular flexibility index (Phi) is 4.59. The van der Waals surface area contributed by atoms with Gasteiger partial charge in [0.2, 0.25) is 11.7 Å². The van der Waals surface area contributed by atoms with Gasteiger partial charge in [-0.05, 0) is 24.3 Å². The van der Waals surface area contributed by atoms with Gasteiger partial charge < -0.3 is 24.5 Å². The number of carbonyl (C=O) groups is 2. The molecule has 1 atom stereocenters. The van der Waals surface area contributed by atoms with Gasteiger partial charge in [0.05, 0.1) is 20.3 Å². The molecule has 23 heavy (non-hydrogen) atoms. The van der Waals surface area contributed by atoms with E-state index >= 15 is 0 Å². The minimum atomic E-state index is -0.532. The maximum atomic E-state index is 12.1. The molecule has 2 N–H and O–H groups in total. The molecule has 1 aromatic heterocycles. The van der Waals surface area contributed by atoms with Crippen molar-refractivity contribution in [1.29, 1.82) is 0 Å². The number of morpholine rings is 1. The molecular formula is C16H18N2O5. The van der Waals surface area contributed by atoms with Gasteiger partial charge in [-0.1, -0.05) is 0 Å². The molecule has 122 valence electrons. The molecule has 2 aromatic rings. The fraction of sp³-hybridized carbons (Fsp3) is 0.375. The summed E-state index contributed by atoms with van der Waals surface area (Å²) in [7, 11) is 1.30. The van der Waals surface area contributed by atoms with Gasteiger partial charge in [-0.2, -0.15) is 0 Å². The van der Waals surface area contributed by atoms with Gasteiger partial charge in [-0.3, -0.25) is 4.79 Å². The van der Waals surface area contributed by atoms with Crippen LogP contribution in [-0.2, 0) is 14.3 Å². The first-order valence-corrected chi connectivity index (χ1v) is 7.38. The SMILES string of the molecule is COC(=O)c1cc2cc(NC(=O)CC3COCCN3)ccc2o1. The highest BCUT2D eigenvalue weighted by Gasteiger charge is 2.17. The predicted octanol–water partition coefficient (Wildman–Crippen LogP) is 1.54. The summed E-state index contributed by atoms with van der Waals surface area (Å²) in [5, 5.41) is 6.80. The van der Waals surface area contributed by atoms with Crippen LogP contribution in [0.15, 0.2) is 28.7 Å². The number of furan rings is 1. The molecule has 3 rings (SSSR count). The molecule has 2 heterocycles. The summed E-state index contributed by atoms with van der Waals surface area (Å²) >= 11 is 0. The molecule has 7 heteroatoms. The predicted molar refractivity (Wildman–Crippen MR) is 83.4 cm³/mol. The van der Waals surface area contributed by atoms with E-state index in [1.165, 1.54) is 7.11 Å². The topological polar surface area (TPSA) is 89.8 Å². The molecule has 0 spiro atoms. The zero-order valence-corrected chi connectivity index (χ0v) is 12.8. The first-order chi connectivity index (χ1) is 11.2. The van der Waals surface area contributed by atoms with Crippen molar-refractivity contribution in [2.75, 3.05) is 32.2 Å². The van der Waals surface area contributed by atoms with Crippen LogP contribution in [0.1, 0.15) is 17.0 Å².